The van der Waals surface area contributed by atoms with Crippen LogP contribution in [0.15, 0.2) is 58.3 Å². The Labute approximate surface area is 213 Å². The number of hydrogen-bond acceptors (Lipinski definition) is 7. The normalized spacial score (nSPS) is 15.3. The van der Waals surface area contributed by atoms with E-state index in [0.29, 0.717) is 29.4 Å². The monoisotopic (exact) mass is 494 g/mol. The zero-order valence-electron chi connectivity index (χ0n) is 20.5. The maximum atomic E-state index is 13.9. The predicted octanol–water partition coefficient (Wildman–Crippen LogP) is 1.61. The fourth-order valence-electron chi connectivity index (χ4n) is 4.71. The minimum Gasteiger partial charge on any atom is -0.341 e. The third-order valence-electron chi connectivity index (χ3n) is 6.45. The lowest BCUT2D eigenvalue weighted by atomic mass is 10.1. The number of rotatable bonds is 5. The first-order valence-electron chi connectivity index (χ1n) is 12.1. The molecule has 4 heterocycles. The van der Waals surface area contributed by atoms with Gasteiger partial charge in [-0.25, -0.2) is 9.36 Å². The van der Waals surface area contributed by atoms with Crippen LogP contribution in [0.3, 0.4) is 0 Å². The van der Waals surface area contributed by atoms with E-state index in [2.05, 4.69) is 27.8 Å². The van der Waals surface area contributed by atoms with E-state index in [-0.39, 0.29) is 30.3 Å². The lowest BCUT2D eigenvalue weighted by Gasteiger charge is -2.31. The quantitative estimate of drug-likeness (QED) is 0.418. The molecule has 10 heteroatoms. The fraction of sp³-hybridized carbons (Fsp3) is 0.296. The Kier molecular flexibility index (Phi) is 6.59. The van der Waals surface area contributed by atoms with Gasteiger partial charge in [0.1, 0.15) is 0 Å². The second-order valence-corrected chi connectivity index (χ2v) is 8.94. The molecule has 1 aliphatic heterocycles. The van der Waals surface area contributed by atoms with E-state index in [4.69, 9.17) is 10.7 Å². The van der Waals surface area contributed by atoms with Crippen LogP contribution in [0.2, 0.25) is 0 Å². The van der Waals surface area contributed by atoms with Gasteiger partial charge in [-0.3, -0.25) is 18.9 Å². The molecule has 0 spiro atoms. The summed E-state index contributed by atoms with van der Waals surface area (Å²) in [6, 6.07) is 14.3. The first-order chi connectivity index (χ1) is 18.0. The average Bonchev–Trinajstić information content (AvgIpc) is 3.30. The molecule has 1 aliphatic rings. The molecule has 0 unspecified atom stereocenters. The van der Waals surface area contributed by atoms with Crippen LogP contribution in [-0.2, 0) is 13.1 Å². The Balaban J connectivity index is 1.82. The van der Waals surface area contributed by atoms with E-state index >= 15 is 0 Å². The van der Waals surface area contributed by atoms with Crippen molar-refractivity contribution in [1.29, 1.82) is 5.26 Å². The van der Waals surface area contributed by atoms with Crippen LogP contribution in [0.25, 0.3) is 16.9 Å². The van der Waals surface area contributed by atoms with Crippen molar-refractivity contribution in [1.82, 2.24) is 23.7 Å². The molecule has 37 heavy (non-hydrogen) atoms. The molecule has 0 bridgehead atoms. The number of anilines is 1. The summed E-state index contributed by atoms with van der Waals surface area (Å²) in [5, 5.41) is 9.29. The second-order valence-electron chi connectivity index (χ2n) is 8.94. The SMILES string of the molecule is CC#CCn1c(N2CCC[C@@H](N)C2)nc2c1c(=O)n(Cc1cc(C#N)ccn1)c(=O)n2-c1ccccc1. The van der Waals surface area contributed by atoms with E-state index in [1.165, 1.54) is 10.8 Å². The molecule has 0 amide bonds. The van der Waals surface area contributed by atoms with E-state index in [9.17, 15) is 14.9 Å². The highest BCUT2D eigenvalue weighted by molar-refractivity contribution is 5.76. The molecular weight excluding hydrogens is 468 g/mol. The van der Waals surface area contributed by atoms with Gasteiger partial charge in [-0.05, 0) is 44.0 Å². The topological polar surface area (TPSA) is 128 Å². The van der Waals surface area contributed by atoms with Gasteiger partial charge in [0.05, 0.1) is 36.1 Å². The van der Waals surface area contributed by atoms with Gasteiger partial charge in [0, 0.05) is 25.3 Å². The lowest BCUT2D eigenvalue weighted by molar-refractivity contribution is 0.496. The molecule has 1 aromatic carbocycles. The van der Waals surface area contributed by atoms with Gasteiger partial charge >= 0.3 is 5.69 Å². The van der Waals surface area contributed by atoms with Crippen LogP contribution in [0.5, 0.6) is 0 Å². The van der Waals surface area contributed by atoms with Gasteiger partial charge in [-0.1, -0.05) is 24.1 Å². The molecule has 0 saturated carbocycles. The molecule has 4 aromatic rings. The fourth-order valence-corrected chi connectivity index (χ4v) is 4.71. The maximum absolute atomic E-state index is 13.9. The van der Waals surface area contributed by atoms with Crippen molar-refractivity contribution in [2.75, 3.05) is 18.0 Å². The standard InChI is InChI=1S/C27H26N8O2/c1-2-3-14-33-23-24(31-26(33)32-13-7-8-20(29)17-32)35(22-9-5-4-6-10-22)27(37)34(25(23)36)18-21-15-19(16-28)11-12-30-21/h4-6,9-12,15,20H,7-8,13-14,17-18,29H2,1H3/t20-/m1/s1. The summed E-state index contributed by atoms with van der Waals surface area (Å²) in [5.74, 6) is 6.51. The molecular formula is C27H26N8O2. The third-order valence-corrected chi connectivity index (χ3v) is 6.45. The van der Waals surface area contributed by atoms with Crippen LogP contribution >= 0.6 is 0 Å². The highest BCUT2D eigenvalue weighted by Gasteiger charge is 2.27. The highest BCUT2D eigenvalue weighted by Crippen LogP contribution is 2.24. The Morgan fingerprint density at radius 2 is 1.97 bits per heavy atom. The van der Waals surface area contributed by atoms with Crippen molar-refractivity contribution in [3.8, 4) is 23.6 Å². The first-order valence-corrected chi connectivity index (χ1v) is 12.1. The van der Waals surface area contributed by atoms with Crippen LogP contribution in [0.1, 0.15) is 31.0 Å². The average molecular weight is 495 g/mol. The second kappa shape index (κ2) is 10.1. The number of nitrogens with zero attached hydrogens (tertiary/aromatic N) is 7. The molecule has 1 saturated heterocycles. The van der Waals surface area contributed by atoms with Gasteiger partial charge in [0.2, 0.25) is 5.95 Å². The van der Waals surface area contributed by atoms with Crippen molar-refractivity contribution >= 4 is 17.1 Å². The molecule has 0 aliphatic carbocycles. The number of benzene rings is 1. The number of nitriles is 1. The van der Waals surface area contributed by atoms with Gasteiger partial charge in [0.15, 0.2) is 11.2 Å². The zero-order valence-corrected chi connectivity index (χ0v) is 20.5. The van der Waals surface area contributed by atoms with E-state index in [0.717, 1.165) is 24.0 Å². The summed E-state index contributed by atoms with van der Waals surface area (Å²) < 4.78 is 4.37. The zero-order chi connectivity index (χ0) is 25.9. The molecule has 2 N–H and O–H groups in total. The molecule has 10 nitrogen and oxygen atoms in total. The van der Waals surface area contributed by atoms with Crippen LogP contribution in [0.4, 0.5) is 5.95 Å². The summed E-state index contributed by atoms with van der Waals surface area (Å²) in [4.78, 5) is 39.0. The van der Waals surface area contributed by atoms with Crippen molar-refractivity contribution in [2.45, 2.75) is 38.9 Å². The summed E-state index contributed by atoms with van der Waals surface area (Å²) in [6.07, 6.45) is 3.31. The largest absolute Gasteiger partial charge is 0.341 e. The minimum atomic E-state index is -0.541. The van der Waals surface area contributed by atoms with Crippen molar-refractivity contribution in [2.24, 2.45) is 5.73 Å². The van der Waals surface area contributed by atoms with Crippen LogP contribution < -0.4 is 21.9 Å². The first kappa shape index (κ1) is 24.0. The number of hydrogen-bond donors (Lipinski definition) is 1. The van der Waals surface area contributed by atoms with E-state index in [1.54, 1.807) is 35.8 Å². The van der Waals surface area contributed by atoms with Gasteiger partial charge < -0.3 is 10.6 Å². The molecule has 0 radical (unpaired) electrons. The summed E-state index contributed by atoms with van der Waals surface area (Å²) in [5.41, 5.74) is 7.18. The number of aromatic nitrogens is 5. The maximum Gasteiger partial charge on any atom is 0.337 e. The van der Waals surface area contributed by atoms with Crippen molar-refractivity contribution < 1.29 is 0 Å². The lowest BCUT2D eigenvalue weighted by Crippen LogP contribution is -2.44. The number of para-hydroxylation sites is 1. The summed E-state index contributed by atoms with van der Waals surface area (Å²) in [6.45, 7) is 3.22. The molecule has 3 aromatic heterocycles. The Morgan fingerprint density at radius 3 is 2.70 bits per heavy atom. The molecule has 186 valence electrons. The molecule has 5 rings (SSSR count). The Hall–Kier alpha value is -4.67. The van der Waals surface area contributed by atoms with Gasteiger partial charge in [0.25, 0.3) is 5.56 Å². The molecule has 1 fully saturated rings. The summed E-state index contributed by atoms with van der Waals surface area (Å²) in [7, 11) is 0. The van der Waals surface area contributed by atoms with E-state index in [1.807, 2.05) is 18.2 Å². The van der Waals surface area contributed by atoms with Crippen LogP contribution in [0, 0.1) is 23.2 Å². The van der Waals surface area contributed by atoms with Gasteiger partial charge in [-0.15, -0.1) is 5.92 Å². The highest BCUT2D eigenvalue weighted by atomic mass is 16.2. The Bertz CT molecular complexity index is 1680. The smallest absolute Gasteiger partial charge is 0.337 e. The molecule has 1 atom stereocenters. The van der Waals surface area contributed by atoms with Crippen molar-refractivity contribution in [3.63, 3.8) is 0 Å². The predicted molar refractivity (Wildman–Crippen MR) is 141 cm³/mol. The van der Waals surface area contributed by atoms with Gasteiger partial charge in [-0.2, -0.15) is 10.2 Å². The van der Waals surface area contributed by atoms with Crippen molar-refractivity contribution in [3.05, 3.63) is 80.8 Å². The van der Waals surface area contributed by atoms with Crippen LogP contribution in [-0.4, -0.2) is 42.8 Å². The number of piperidine rings is 1. The van der Waals surface area contributed by atoms with E-state index < -0.39 is 11.2 Å². The third kappa shape index (κ3) is 4.51. The summed E-state index contributed by atoms with van der Waals surface area (Å²) >= 11 is 0. The number of nitrogens with two attached hydrogens (primary N) is 1. The Morgan fingerprint density at radius 1 is 1.16 bits per heavy atom. The number of imidazole rings is 1. The number of pyridine rings is 1. The number of fused-ring (bicyclic) bond motifs is 1. The minimum absolute atomic E-state index is 0.00858.